The Morgan fingerprint density at radius 1 is 1.41 bits per heavy atom. The monoisotopic (exact) mass is 255 g/mol. The summed E-state index contributed by atoms with van der Waals surface area (Å²) in [6.45, 7) is 1.92. The molecule has 2 N–H and O–H groups in total. The Balaban J connectivity index is 2.96. The molecule has 1 rings (SSSR count). The third-order valence-electron chi connectivity index (χ3n) is 2.62. The van der Waals surface area contributed by atoms with E-state index in [0.717, 1.165) is 5.75 Å². The average molecular weight is 255 g/mol. The molecule has 5 heteroatoms. The standard InChI is InChI=1S/C12H17NO3S/c1-8(7-17-3)13(2)12(16)11-9(14)5-4-6-10(11)15/h4-6,8,14-15H,7H2,1-3H3. The second kappa shape index (κ2) is 5.82. The van der Waals surface area contributed by atoms with Gasteiger partial charge < -0.3 is 15.1 Å². The van der Waals surface area contributed by atoms with Gasteiger partial charge in [0.15, 0.2) is 0 Å². The van der Waals surface area contributed by atoms with E-state index in [1.165, 1.54) is 23.1 Å². The Bertz CT molecular complexity index is 388. The van der Waals surface area contributed by atoms with E-state index >= 15 is 0 Å². The molecule has 0 fully saturated rings. The molecule has 1 amide bonds. The third kappa shape index (κ3) is 3.06. The second-order valence-electron chi connectivity index (χ2n) is 3.89. The van der Waals surface area contributed by atoms with Crippen LogP contribution in [0.4, 0.5) is 0 Å². The normalized spacial score (nSPS) is 12.2. The van der Waals surface area contributed by atoms with Crippen molar-refractivity contribution in [3.8, 4) is 11.5 Å². The molecule has 0 radical (unpaired) electrons. The predicted molar refractivity (Wildman–Crippen MR) is 69.7 cm³/mol. The SMILES string of the molecule is CSCC(C)N(C)C(=O)c1c(O)cccc1O. The maximum atomic E-state index is 12.1. The first-order chi connectivity index (χ1) is 7.99. The quantitative estimate of drug-likeness (QED) is 0.863. The van der Waals surface area contributed by atoms with Crippen LogP contribution in [-0.4, -0.2) is 46.1 Å². The second-order valence-corrected chi connectivity index (χ2v) is 4.80. The van der Waals surface area contributed by atoms with Gasteiger partial charge in [0, 0.05) is 18.8 Å². The van der Waals surface area contributed by atoms with Gasteiger partial charge in [-0.2, -0.15) is 11.8 Å². The molecule has 4 nitrogen and oxygen atoms in total. The number of phenolic OH excluding ortho intramolecular Hbond substituents is 2. The van der Waals surface area contributed by atoms with Gasteiger partial charge in [-0.3, -0.25) is 4.79 Å². The van der Waals surface area contributed by atoms with E-state index in [2.05, 4.69) is 0 Å². The summed E-state index contributed by atoms with van der Waals surface area (Å²) in [6.07, 6.45) is 1.96. The van der Waals surface area contributed by atoms with E-state index in [0.29, 0.717) is 0 Å². The van der Waals surface area contributed by atoms with Crippen molar-refractivity contribution >= 4 is 17.7 Å². The maximum absolute atomic E-state index is 12.1. The molecule has 0 saturated carbocycles. The highest BCUT2D eigenvalue weighted by atomic mass is 32.2. The Morgan fingerprint density at radius 3 is 2.41 bits per heavy atom. The van der Waals surface area contributed by atoms with Crippen LogP contribution >= 0.6 is 11.8 Å². The minimum atomic E-state index is -0.373. The largest absolute Gasteiger partial charge is 0.507 e. The molecular formula is C12H17NO3S. The molecule has 0 aliphatic heterocycles. The van der Waals surface area contributed by atoms with Crippen LogP contribution in [0.15, 0.2) is 18.2 Å². The molecule has 0 aliphatic rings. The fourth-order valence-corrected chi connectivity index (χ4v) is 2.18. The third-order valence-corrected chi connectivity index (χ3v) is 3.44. The van der Waals surface area contributed by atoms with Gasteiger partial charge in [-0.15, -0.1) is 0 Å². The Hall–Kier alpha value is -1.36. The summed E-state index contributed by atoms with van der Waals surface area (Å²) in [7, 11) is 1.66. The van der Waals surface area contributed by atoms with Gasteiger partial charge in [0.25, 0.3) is 5.91 Å². The molecule has 0 aliphatic carbocycles. The van der Waals surface area contributed by atoms with Gasteiger partial charge in [-0.1, -0.05) is 6.07 Å². The first kappa shape index (κ1) is 13.7. The molecule has 0 bridgehead atoms. The summed E-state index contributed by atoms with van der Waals surface area (Å²) in [4.78, 5) is 13.6. The van der Waals surface area contributed by atoms with E-state index in [-0.39, 0.29) is 29.0 Å². The molecule has 0 spiro atoms. The van der Waals surface area contributed by atoms with Crippen molar-refractivity contribution in [2.45, 2.75) is 13.0 Å². The summed E-state index contributed by atoms with van der Waals surface area (Å²) < 4.78 is 0. The van der Waals surface area contributed by atoms with Crippen LogP contribution in [0.25, 0.3) is 0 Å². The van der Waals surface area contributed by atoms with E-state index in [4.69, 9.17) is 0 Å². The van der Waals surface area contributed by atoms with Crippen molar-refractivity contribution in [2.24, 2.45) is 0 Å². The molecule has 94 valence electrons. The number of carbonyl (C=O) groups is 1. The number of nitrogens with zero attached hydrogens (tertiary/aromatic N) is 1. The van der Waals surface area contributed by atoms with Crippen LogP contribution in [-0.2, 0) is 0 Å². The number of hydrogen-bond donors (Lipinski definition) is 2. The van der Waals surface area contributed by atoms with E-state index in [1.807, 2.05) is 13.2 Å². The Kier molecular flexibility index (Phi) is 4.69. The highest BCUT2D eigenvalue weighted by Gasteiger charge is 2.22. The molecular weight excluding hydrogens is 238 g/mol. The van der Waals surface area contributed by atoms with Gasteiger partial charge in [0.05, 0.1) is 0 Å². The molecule has 0 saturated heterocycles. The minimum absolute atomic E-state index is 0.0384. The zero-order valence-corrected chi connectivity index (χ0v) is 11.0. The summed E-state index contributed by atoms with van der Waals surface area (Å²) in [5, 5.41) is 19.2. The molecule has 1 aromatic carbocycles. The predicted octanol–water partition coefficient (Wildman–Crippen LogP) is 1.92. The van der Waals surface area contributed by atoms with E-state index in [9.17, 15) is 15.0 Å². The van der Waals surface area contributed by atoms with Crippen molar-refractivity contribution in [3.63, 3.8) is 0 Å². The lowest BCUT2D eigenvalue weighted by Gasteiger charge is -2.24. The number of rotatable bonds is 4. The first-order valence-corrected chi connectivity index (χ1v) is 6.65. The van der Waals surface area contributed by atoms with Crippen LogP contribution in [0.5, 0.6) is 11.5 Å². The van der Waals surface area contributed by atoms with E-state index < -0.39 is 0 Å². The topological polar surface area (TPSA) is 60.8 Å². The molecule has 0 aromatic heterocycles. The number of hydrogen-bond acceptors (Lipinski definition) is 4. The molecule has 1 atom stereocenters. The number of carbonyl (C=O) groups excluding carboxylic acids is 1. The van der Waals surface area contributed by atoms with Gasteiger partial charge in [0.2, 0.25) is 0 Å². The number of aromatic hydroxyl groups is 2. The highest BCUT2D eigenvalue weighted by molar-refractivity contribution is 7.98. The Morgan fingerprint density at radius 2 is 1.94 bits per heavy atom. The van der Waals surface area contributed by atoms with Crippen molar-refractivity contribution in [1.82, 2.24) is 4.90 Å². The van der Waals surface area contributed by atoms with Gasteiger partial charge in [0.1, 0.15) is 17.1 Å². The van der Waals surface area contributed by atoms with Crippen molar-refractivity contribution < 1.29 is 15.0 Å². The maximum Gasteiger partial charge on any atom is 0.261 e. The van der Waals surface area contributed by atoms with Gasteiger partial charge >= 0.3 is 0 Å². The lowest BCUT2D eigenvalue weighted by atomic mass is 10.1. The fourth-order valence-electron chi connectivity index (χ4n) is 1.48. The zero-order chi connectivity index (χ0) is 13.0. The summed E-state index contributed by atoms with van der Waals surface area (Å²) >= 11 is 1.64. The van der Waals surface area contributed by atoms with Crippen LogP contribution in [0.2, 0.25) is 0 Å². The van der Waals surface area contributed by atoms with Crippen LogP contribution in [0, 0.1) is 0 Å². The van der Waals surface area contributed by atoms with Crippen molar-refractivity contribution in [2.75, 3.05) is 19.1 Å². The molecule has 1 aromatic rings. The lowest BCUT2D eigenvalue weighted by molar-refractivity contribution is 0.0751. The number of benzene rings is 1. The fraction of sp³-hybridized carbons (Fsp3) is 0.417. The highest BCUT2D eigenvalue weighted by Crippen LogP contribution is 2.27. The van der Waals surface area contributed by atoms with Gasteiger partial charge in [-0.05, 0) is 25.3 Å². The summed E-state index contributed by atoms with van der Waals surface area (Å²) in [5.74, 6) is 0.0370. The molecule has 1 unspecified atom stereocenters. The van der Waals surface area contributed by atoms with Crippen LogP contribution in [0.3, 0.4) is 0 Å². The van der Waals surface area contributed by atoms with Gasteiger partial charge in [-0.25, -0.2) is 0 Å². The number of phenols is 2. The molecule has 0 heterocycles. The number of thioether (sulfide) groups is 1. The van der Waals surface area contributed by atoms with Crippen LogP contribution < -0.4 is 0 Å². The minimum Gasteiger partial charge on any atom is -0.507 e. The zero-order valence-electron chi connectivity index (χ0n) is 10.2. The lowest BCUT2D eigenvalue weighted by Crippen LogP contribution is -2.36. The van der Waals surface area contributed by atoms with Crippen molar-refractivity contribution in [1.29, 1.82) is 0 Å². The van der Waals surface area contributed by atoms with Crippen LogP contribution in [0.1, 0.15) is 17.3 Å². The first-order valence-electron chi connectivity index (χ1n) is 5.26. The number of amides is 1. The van der Waals surface area contributed by atoms with Crippen molar-refractivity contribution in [3.05, 3.63) is 23.8 Å². The summed E-state index contributed by atoms with van der Waals surface area (Å²) in [5.41, 5.74) is -0.0389. The molecule has 17 heavy (non-hydrogen) atoms. The smallest absolute Gasteiger partial charge is 0.261 e. The summed E-state index contributed by atoms with van der Waals surface area (Å²) in [6, 6.07) is 4.31. The van der Waals surface area contributed by atoms with E-state index in [1.54, 1.807) is 18.8 Å². The average Bonchev–Trinajstić information content (AvgIpc) is 2.27. The Labute approximate surface area is 105 Å².